The number of H-pyrrole nitrogens is 1. The maximum atomic E-state index is 15.1. The minimum absolute atomic E-state index is 0.0202. The molecule has 0 unspecified atom stereocenters. The first-order chi connectivity index (χ1) is 69.6. The minimum atomic E-state index is -1.95. The number of phenols is 1. The molecular formula is C92H156N32O22. The molecule has 0 bridgehead atoms. The third kappa shape index (κ3) is 45.2. The maximum absolute atomic E-state index is 15.1. The lowest BCUT2D eigenvalue weighted by molar-refractivity contribution is -0.150. The lowest BCUT2D eigenvalue weighted by Gasteiger charge is -2.30. The van der Waals surface area contributed by atoms with Gasteiger partial charge in [0.05, 0.1) is 25.9 Å². The summed E-state index contributed by atoms with van der Waals surface area (Å²) >= 11 is 0. The van der Waals surface area contributed by atoms with Crippen LogP contribution in [-0.2, 0) is 94.3 Å². The van der Waals surface area contributed by atoms with Crippen LogP contribution < -0.4 is 148 Å². The fraction of sp³-hybridized carbons (Fsp3) is 0.630. The zero-order chi connectivity index (χ0) is 108. The molecule has 46 N–H and O–H groups in total. The average molecular weight is 2060 g/mol. The largest absolute Gasteiger partial charge is 0.508 e. The Morgan fingerprint density at radius 2 is 0.678 bits per heavy atom. The first-order valence-electron chi connectivity index (χ1n) is 49.3. The molecule has 2 aromatic carbocycles. The molecule has 0 saturated carbocycles. The summed E-state index contributed by atoms with van der Waals surface area (Å²) in [4.78, 5) is 246. The van der Waals surface area contributed by atoms with Crippen molar-refractivity contribution in [1.82, 2.24) is 100 Å². The second kappa shape index (κ2) is 67.8. The number of hydrogen-bond acceptors (Lipinski definition) is 30. The van der Waals surface area contributed by atoms with Crippen molar-refractivity contribution in [3.8, 4) is 5.75 Å². The number of aromatic nitrogens is 1. The number of amides is 16. The highest BCUT2D eigenvalue weighted by atomic mass is 16.4. The molecule has 1 aliphatic heterocycles. The number of nitrogens with zero attached hydrogens (tertiary/aromatic N) is 1. The molecule has 0 aliphatic carbocycles. The zero-order valence-electron chi connectivity index (χ0n) is 83.0. The van der Waals surface area contributed by atoms with Gasteiger partial charge in [-0.25, -0.2) is 4.79 Å². The summed E-state index contributed by atoms with van der Waals surface area (Å²) in [7, 11) is 0. The van der Waals surface area contributed by atoms with Crippen LogP contribution in [0.1, 0.15) is 185 Å². The molecule has 0 radical (unpaired) electrons. The molecular weight excluding hydrogens is 1910 g/mol. The number of carbonyl (C=O) groups excluding carboxylic acids is 16. The molecule has 816 valence electrons. The van der Waals surface area contributed by atoms with Crippen LogP contribution in [-0.4, -0.2) is 329 Å². The van der Waals surface area contributed by atoms with Crippen LogP contribution >= 0.6 is 0 Å². The smallest absolute Gasteiger partial charge is 0.326 e. The van der Waals surface area contributed by atoms with Gasteiger partial charge in [0.25, 0.3) is 0 Å². The number of primary amides is 1. The normalized spacial score (nSPS) is 15.3. The van der Waals surface area contributed by atoms with E-state index in [1.165, 1.54) is 24.3 Å². The van der Waals surface area contributed by atoms with Crippen molar-refractivity contribution in [3.63, 3.8) is 0 Å². The SMILES string of the molecule is CC(C)[C@H](NC(=O)[C@H](CO)NC(=O)[C@H](Cc1c[nH]c2ccccc12)NC(=O)[C@H](CO)NC(=O)[C@H](CCCCN)NC(=O)[C@H](Cc1ccc(O)cc1)NC(=O)[C@H](CCCNC(=N)N)NC(=O)[C@H](CO)NC(=O)[C@H](CCCCN)NC(=O)[C@H](CCCCN)NC(=O)[C@H](CCCNC(=N)N)NC(=O)[C@H](CCCCN)NC(=O)[C@H](CCCNC(=N)N)NC(=O)[C@H](CCCCN)NC(=O)[C@@H](N)CCC(N)=O)C(=O)N1CCC[C@H]1C(=O)O. The first kappa shape index (κ1) is 125. The Labute approximate surface area is 846 Å². The summed E-state index contributed by atoms with van der Waals surface area (Å²) in [6.45, 7) is 0.494. The number of carboxylic acids is 1. The molecule has 16 amide bonds. The third-order valence-corrected chi connectivity index (χ3v) is 24.0. The van der Waals surface area contributed by atoms with Crippen LogP contribution in [0.4, 0.5) is 0 Å². The van der Waals surface area contributed by atoms with E-state index in [1.807, 2.05) is 0 Å². The maximum Gasteiger partial charge on any atom is 0.326 e. The number of carboxylic acid groups (broad SMARTS) is 1. The zero-order valence-corrected chi connectivity index (χ0v) is 83.0. The van der Waals surface area contributed by atoms with Crippen LogP contribution in [0.2, 0.25) is 0 Å². The van der Waals surface area contributed by atoms with E-state index < -0.39 is 247 Å². The van der Waals surface area contributed by atoms with Gasteiger partial charge in [-0.05, 0) is 222 Å². The number of nitrogens with two attached hydrogens (primary N) is 10. The molecule has 54 nitrogen and oxygen atoms in total. The number of aliphatic hydroxyl groups is 3. The van der Waals surface area contributed by atoms with E-state index in [1.54, 1.807) is 44.3 Å². The molecule has 1 saturated heterocycles. The number of aromatic hydroxyl groups is 1. The lowest BCUT2D eigenvalue weighted by Crippen LogP contribution is -2.62. The summed E-state index contributed by atoms with van der Waals surface area (Å²) < 4.78 is 0. The summed E-state index contributed by atoms with van der Waals surface area (Å²) in [5.41, 5.74) is 58.7. The number of fused-ring (bicyclic) bond motifs is 1. The van der Waals surface area contributed by atoms with Gasteiger partial charge in [0.1, 0.15) is 96.4 Å². The summed E-state index contributed by atoms with van der Waals surface area (Å²) in [5.74, 6) is -19.2. The first-order valence-corrected chi connectivity index (χ1v) is 49.3. The summed E-state index contributed by atoms with van der Waals surface area (Å²) in [6.07, 6.45) is 2.27. The molecule has 4 rings (SSSR count). The topological polar surface area (TPSA) is 947 Å². The van der Waals surface area contributed by atoms with Gasteiger partial charge in [-0.15, -0.1) is 0 Å². The molecule has 1 fully saturated rings. The van der Waals surface area contributed by atoms with E-state index in [9.17, 15) is 97.5 Å². The molecule has 0 spiro atoms. The second-order valence-corrected chi connectivity index (χ2v) is 36.0. The Morgan fingerprint density at radius 1 is 0.384 bits per heavy atom. The van der Waals surface area contributed by atoms with Gasteiger partial charge in [0.2, 0.25) is 94.5 Å². The Kier molecular flexibility index (Phi) is 57.8. The number of hydrogen-bond donors (Lipinski definition) is 36. The summed E-state index contributed by atoms with van der Waals surface area (Å²) in [6, 6.07) is -12.8. The highest BCUT2D eigenvalue weighted by Gasteiger charge is 2.43. The monoisotopic (exact) mass is 2060 g/mol. The number of carbonyl (C=O) groups is 17. The van der Waals surface area contributed by atoms with Crippen LogP contribution in [0.15, 0.2) is 54.7 Å². The quantitative estimate of drug-likeness (QED) is 0.0142. The number of guanidine groups is 3. The molecule has 2 heterocycles. The predicted molar refractivity (Wildman–Crippen MR) is 538 cm³/mol. The highest BCUT2D eigenvalue weighted by molar-refractivity contribution is 6.02. The predicted octanol–water partition coefficient (Wildman–Crippen LogP) is -9.82. The van der Waals surface area contributed by atoms with Gasteiger partial charge in [-0.3, -0.25) is 92.9 Å². The van der Waals surface area contributed by atoms with Gasteiger partial charge in [-0.2, -0.15) is 0 Å². The van der Waals surface area contributed by atoms with Crippen molar-refractivity contribution >= 4 is 129 Å². The Morgan fingerprint density at radius 3 is 0.993 bits per heavy atom. The van der Waals surface area contributed by atoms with Gasteiger partial charge >= 0.3 is 5.97 Å². The van der Waals surface area contributed by atoms with Crippen LogP contribution in [0.5, 0.6) is 5.75 Å². The number of aromatic amines is 1. The van der Waals surface area contributed by atoms with E-state index >= 15 is 9.59 Å². The fourth-order valence-electron chi connectivity index (χ4n) is 15.8. The van der Waals surface area contributed by atoms with Crippen molar-refractivity contribution in [2.75, 3.05) is 78.7 Å². The van der Waals surface area contributed by atoms with Crippen molar-refractivity contribution < 1.29 is 107 Å². The number of unbranched alkanes of at least 4 members (excludes halogenated alkanes) is 5. The minimum Gasteiger partial charge on any atom is -0.508 e. The number of aliphatic hydroxyl groups excluding tert-OH is 3. The number of benzene rings is 2. The average Bonchev–Trinajstić information content (AvgIpc) is 1.66. The summed E-state index contributed by atoms with van der Waals surface area (Å²) in [5, 5.41) is 120. The number of rotatable bonds is 73. The lowest BCUT2D eigenvalue weighted by atomic mass is 10.0. The Hall–Kier alpha value is -13.8. The van der Waals surface area contributed by atoms with Crippen LogP contribution in [0, 0.1) is 22.1 Å². The molecule has 146 heavy (non-hydrogen) atoms. The van der Waals surface area contributed by atoms with Gasteiger partial charge < -0.3 is 183 Å². The number of aliphatic carboxylic acids is 1. The molecule has 16 atom stereocenters. The second-order valence-electron chi connectivity index (χ2n) is 36.0. The van der Waals surface area contributed by atoms with E-state index in [4.69, 9.17) is 73.6 Å². The van der Waals surface area contributed by atoms with E-state index in [2.05, 4.69) is 95.4 Å². The molecule has 1 aliphatic rings. The van der Waals surface area contributed by atoms with Crippen molar-refractivity contribution in [2.24, 2.45) is 63.3 Å². The van der Waals surface area contributed by atoms with Crippen molar-refractivity contribution in [1.29, 1.82) is 16.2 Å². The van der Waals surface area contributed by atoms with Crippen molar-refractivity contribution in [2.45, 2.75) is 284 Å². The molecule has 3 aromatic rings. The highest BCUT2D eigenvalue weighted by Crippen LogP contribution is 2.24. The van der Waals surface area contributed by atoms with Crippen LogP contribution in [0.3, 0.4) is 0 Å². The molecule has 54 heteroatoms. The number of likely N-dealkylation sites (tertiary alicyclic amines) is 1. The van der Waals surface area contributed by atoms with Crippen LogP contribution in [0.25, 0.3) is 10.9 Å². The number of nitrogens with one attached hydrogen (secondary N) is 21. The van der Waals surface area contributed by atoms with E-state index in [0.717, 1.165) is 4.90 Å². The third-order valence-electron chi connectivity index (χ3n) is 24.0. The number of phenolic OH excluding ortho intramolecular Hbond substituents is 1. The number of para-hydroxylation sites is 1. The van der Waals surface area contributed by atoms with E-state index in [0.29, 0.717) is 54.1 Å². The Bertz CT molecular complexity index is 4750. The van der Waals surface area contributed by atoms with Crippen molar-refractivity contribution in [3.05, 3.63) is 65.9 Å². The van der Waals surface area contributed by atoms with Gasteiger partial charge in [-0.1, -0.05) is 44.2 Å². The van der Waals surface area contributed by atoms with Gasteiger partial charge in [0.15, 0.2) is 17.9 Å². The van der Waals surface area contributed by atoms with E-state index in [-0.39, 0.29) is 199 Å². The standard InChI is InChI=1S/C92H156N32O22/c1-51(2)73(88(144)124-44-18-29-71(124)89(145)146)123-87(143)70(50-127)122-84(140)67(46-53-47-109-57-20-4-3-19-55(53)57)119-86(142)69(49-126)121-82(138)62(25-9-14-40-97)116-83(139)66(45-52-30-32-54(128)33-31-52)118-80(136)65(28-17-43-108-92(104)105)117-85(141)68(48-125)120-81(137)61(24-8-13-39-96)113-76(132)59(22-6-11-37-94)111-79(135)64(27-16-42-107-91(102)103)115-77(133)60(23-7-12-38-95)112-78(134)63(26-15-41-106-90(100)101)114-75(131)58(21-5-10-36-93)110-74(130)56(98)34-35-72(99)129/h3-4,19-20,30-33,47,51,56,58-71,73,109,125-128H,5-18,21-29,34-46,48-50,93-98H2,1-2H3,(H2,99,129)(H,110,130)(H,111,135)(H,112,134)(H,113,132)(H,114,131)(H,115,133)(H,116,139)(H,117,141)(H,118,136)(H,119,142)(H,120,137)(H,121,138)(H,122,140)(H,123,143)(H,145,146)(H4,100,101,106)(H4,102,103,107)(H4,104,105,108)/t56-,58-,59-,60-,61-,62-,63-,64-,65-,66-,67-,68-,69-,70-,71-,73-/m0/s1. The van der Waals surface area contributed by atoms with Gasteiger partial charge in [0, 0.05) is 62.5 Å². The molecule has 1 aromatic heterocycles. The fourth-order valence-corrected chi connectivity index (χ4v) is 15.8. The Balaban J connectivity index is 1.69.